The molecule has 0 fully saturated rings. The highest BCUT2D eigenvalue weighted by atomic mass is 16.2. The number of benzene rings is 1. The maximum absolute atomic E-state index is 11.9. The molecule has 0 saturated carbocycles. The van der Waals surface area contributed by atoms with E-state index < -0.39 is 5.91 Å². The topological polar surface area (TPSA) is 113 Å². The van der Waals surface area contributed by atoms with Crippen molar-refractivity contribution in [1.29, 1.82) is 0 Å². The Hall–Kier alpha value is -2.41. The van der Waals surface area contributed by atoms with Crippen molar-refractivity contribution in [3.8, 4) is 0 Å². The molecule has 108 valence electrons. The van der Waals surface area contributed by atoms with E-state index in [1.54, 1.807) is 24.3 Å². The van der Waals surface area contributed by atoms with Crippen LogP contribution in [0.25, 0.3) is 0 Å². The summed E-state index contributed by atoms with van der Waals surface area (Å²) in [6.45, 7) is 1.87. The fourth-order valence-corrected chi connectivity index (χ4v) is 1.47. The van der Waals surface area contributed by atoms with Crippen LogP contribution in [0.3, 0.4) is 0 Å². The molecule has 1 aromatic carbocycles. The third-order valence-electron chi connectivity index (χ3n) is 2.37. The van der Waals surface area contributed by atoms with Gasteiger partial charge >= 0.3 is 0 Å². The number of anilines is 1. The quantitative estimate of drug-likeness (QED) is 0.559. The SMILES string of the molecule is CC(=O)NCC(=O)Nc1ccccc1C(=O)NCCN. The number of nitrogens with one attached hydrogen (secondary N) is 3. The van der Waals surface area contributed by atoms with Crippen molar-refractivity contribution in [2.45, 2.75) is 6.92 Å². The Morgan fingerprint density at radius 1 is 1.15 bits per heavy atom. The minimum absolute atomic E-state index is 0.145. The molecule has 1 aromatic rings. The summed E-state index contributed by atoms with van der Waals surface area (Å²) >= 11 is 0. The van der Waals surface area contributed by atoms with E-state index in [1.165, 1.54) is 6.92 Å². The molecule has 0 spiro atoms. The molecule has 5 N–H and O–H groups in total. The van der Waals surface area contributed by atoms with Crippen molar-refractivity contribution in [2.24, 2.45) is 5.73 Å². The van der Waals surface area contributed by atoms with Crippen molar-refractivity contribution in [3.05, 3.63) is 29.8 Å². The minimum Gasteiger partial charge on any atom is -0.351 e. The van der Waals surface area contributed by atoms with Crippen LogP contribution in [0.15, 0.2) is 24.3 Å². The van der Waals surface area contributed by atoms with Gasteiger partial charge in [-0.15, -0.1) is 0 Å². The second kappa shape index (κ2) is 7.90. The van der Waals surface area contributed by atoms with Gasteiger partial charge in [0.15, 0.2) is 0 Å². The van der Waals surface area contributed by atoms with Gasteiger partial charge in [-0.1, -0.05) is 12.1 Å². The molecule has 0 radical (unpaired) electrons. The Kier molecular flexibility index (Phi) is 6.18. The van der Waals surface area contributed by atoms with Crippen molar-refractivity contribution >= 4 is 23.4 Å². The first-order valence-electron chi connectivity index (χ1n) is 6.16. The van der Waals surface area contributed by atoms with Crippen LogP contribution in [-0.2, 0) is 9.59 Å². The second-order valence-electron chi connectivity index (χ2n) is 4.05. The Labute approximate surface area is 116 Å². The third kappa shape index (κ3) is 5.07. The molecular weight excluding hydrogens is 260 g/mol. The van der Waals surface area contributed by atoms with E-state index >= 15 is 0 Å². The van der Waals surface area contributed by atoms with Crippen molar-refractivity contribution < 1.29 is 14.4 Å². The summed E-state index contributed by atoms with van der Waals surface area (Å²) < 4.78 is 0. The number of amides is 3. The van der Waals surface area contributed by atoms with Crippen molar-refractivity contribution in [1.82, 2.24) is 10.6 Å². The fraction of sp³-hybridized carbons (Fsp3) is 0.308. The van der Waals surface area contributed by atoms with Crippen LogP contribution in [0, 0.1) is 0 Å². The summed E-state index contributed by atoms with van der Waals surface area (Å²) in [6, 6.07) is 6.61. The number of hydrogen-bond acceptors (Lipinski definition) is 4. The minimum atomic E-state index is -0.403. The fourth-order valence-electron chi connectivity index (χ4n) is 1.47. The van der Waals surface area contributed by atoms with E-state index in [9.17, 15) is 14.4 Å². The molecule has 7 nitrogen and oxygen atoms in total. The molecule has 0 aliphatic carbocycles. The summed E-state index contributed by atoms with van der Waals surface area (Å²) in [5, 5.41) is 7.59. The Morgan fingerprint density at radius 3 is 2.50 bits per heavy atom. The zero-order valence-electron chi connectivity index (χ0n) is 11.2. The van der Waals surface area contributed by atoms with Gasteiger partial charge in [0.05, 0.1) is 17.8 Å². The lowest BCUT2D eigenvalue weighted by Gasteiger charge is -2.11. The highest BCUT2D eigenvalue weighted by Gasteiger charge is 2.12. The zero-order valence-corrected chi connectivity index (χ0v) is 11.2. The molecule has 20 heavy (non-hydrogen) atoms. The molecule has 0 aromatic heterocycles. The Balaban J connectivity index is 2.72. The van der Waals surface area contributed by atoms with Gasteiger partial charge < -0.3 is 21.7 Å². The molecule has 1 rings (SSSR count). The van der Waals surface area contributed by atoms with Gasteiger partial charge in [-0.25, -0.2) is 0 Å². The standard InChI is InChI=1S/C13H18N4O3/c1-9(18)16-8-12(19)17-11-5-3-2-4-10(11)13(20)15-7-6-14/h2-5H,6-8,14H2,1H3,(H,15,20)(H,16,18)(H,17,19). The van der Waals surface area contributed by atoms with Crippen LogP contribution in [0.1, 0.15) is 17.3 Å². The summed E-state index contributed by atoms with van der Waals surface area (Å²) in [5.41, 5.74) is 6.05. The number of rotatable bonds is 6. The predicted molar refractivity (Wildman–Crippen MR) is 75.1 cm³/mol. The largest absolute Gasteiger partial charge is 0.351 e. The molecule has 0 heterocycles. The molecule has 0 aliphatic heterocycles. The summed E-state index contributed by atoms with van der Waals surface area (Å²) in [4.78, 5) is 34.2. The molecular formula is C13H18N4O3. The van der Waals surface area contributed by atoms with E-state index in [-0.39, 0.29) is 18.4 Å². The van der Waals surface area contributed by atoms with E-state index in [1.807, 2.05) is 0 Å². The Bertz CT molecular complexity index is 502. The van der Waals surface area contributed by atoms with Gasteiger partial charge in [0.2, 0.25) is 11.8 Å². The Morgan fingerprint density at radius 2 is 1.85 bits per heavy atom. The monoisotopic (exact) mass is 278 g/mol. The van der Waals surface area contributed by atoms with Gasteiger partial charge in [0, 0.05) is 20.0 Å². The number of nitrogens with two attached hydrogens (primary N) is 1. The van der Waals surface area contributed by atoms with Crippen LogP contribution in [0.4, 0.5) is 5.69 Å². The number of carbonyl (C=O) groups excluding carboxylic acids is 3. The first-order valence-corrected chi connectivity index (χ1v) is 6.16. The van der Waals surface area contributed by atoms with Crippen molar-refractivity contribution in [2.75, 3.05) is 25.0 Å². The average Bonchev–Trinajstić information content (AvgIpc) is 2.43. The number of para-hydroxylation sites is 1. The van der Waals surface area contributed by atoms with Gasteiger partial charge in [-0.3, -0.25) is 14.4 Å². The van der Waals surface area contributed by atoms with Gasteiger partial charge in [0.25, 0.3) is 5.91 Å². The molecule has 0 bridgehead atoms. The average molecular weight is 278 g/mol. The van der Waals surface area contributed by atoms with E-state index in [0.29, 0.717) is 24.3 Å². The lowest BCUT2D eigenvalue weighted by Crippen LogP contribution is -2.33. The first kappa shape index (κ1) is 15.6. The van der Waals surface area contributed by atoms with Gasteiger partial charge in [0.1, 0.15) is 0 Å². The van der Waals surface area contributed by atoms with E-state index in [2.05, 4.69) is 16.0 Å². The van der Waals surface area contributed by atoms with Crippen molar-refractivity contribution in [3.63, 3.8) is 0 Å². The maximum Gasteiger partial charge on any atom is 0.253 e. The number of carbonyl (C=O) groups is 3. The van der Waals surface area contributed by atoms with Gasteiger partial charge in [-0.2, -0.15) is 0 Å². The lowest BCUT2D eigenvalue weighted by molar-refractivity contribution is -0.122. The molecule has 7 heteroatoms. The smallest absolute Gasteiger partial charge is 0.253 e. The molecule has 0 unspecified atom stereocenters. The molecule has 3 amide bonds. The molecule has 0 atom stereocenters. The summed E-state index contributed by atoms with van der Waals surface area (Å²) in [7, 11) is 0. The first-order chi connectivity index (χ1) is 9.54. The second-order valence-corrected chi connectivity index (χ2v) is 4.05. The zero-order chi connectivity index (χ0) is 15.0. The highest BCUT2D eigenvalue weighted by Crippen LogP contribution is 2.14. The summed E-state index contributed by atoms with van der Waals surface area (Å²) in [6.07, 6.45) is 0. The van der Waals surface area contributed by atoms with Crippen LogP contribution in [0.2, 0.25) is 0 Å². The third-order valence-corrected chi connectivity index (χ3v) is 2.37. The van der Waals surface area contributed by atoms with E-state index in [0.717, 1.165) is 0 Å². The van der Waals surface area contributed by atoms with Crippen LogP contribution >= 0.6 is 0 Å². The highest BCUT2D eigenvalue weighted by molar-refractivity contribution is 6.04. The van der Waals surface area contributed by atoms with E-state index in [4.69, 9.17) is 5.73 Å². The predicted octanol–water partition coefficient (Wildman–Crippen LogP) is -0.550. The van der Waals surface area contributed by atoms with Crippen LogP contribution < -0.4 is 21.7 Å². The lowest BCUT2D eigenvalue weighted by atomic mass is 10.1. The van der Waals surface area contributed by atoms with Crippen LogP contribution in [-0.4, -0.2) is 37.4 Å². The van der Waals surface area contributed by atoms with Gasteiger partial charge in [-0.05, 0) is 12.1 Å². The number of hydrogen-bond donors (Lipinski definition) is 4. The molecule has 0 saturated heterocycles. The maximum atomic E-state index is 11.9. The summed E-state index contributed by atoms with van der Waals surface area (Å²) in [5.74, 6) is -1.01. The normalized spacial score (nSPS) is 9.70. The van der Waals surface area contributed by atoms with Crippen LogP contribution in [0.5, 0.6) is 0 Å². The molecule has 0 aliphatic rings.